The first-order valence-electron chi connectivity index (χ1n) is 9.99. The number of hydrogen-bond donors (Lipinski definition) is 2. The Morgan fingerprint density at radius 3 is 2.67 bits per heavy atom. The summed E-state index contributed by atoms with van der Waals surface area (Å²) in [5, 5.41) is 4.75. The van der Waals surface area contributed by atoms with Crippen molar-refractivity contribution >= 4 is 17.5 Å². The van der Waals surface area contributed by atoms with Gasteiger partial charge in [-0.3, -0.25) is 9.59 Å². The van der Waals surface area contributed by atoms with Crippen molar-refractivity contribution in [3.8, 4) is 5.75 Å². The predicted molar refractivity (Wildman–Crippen MR) is 115 cm³/mol. The molecule has 4 rings (SSSR count). The van der Waals surface area contributed by atoms with Crippen LogP contribution in [0.2, 0.25) is 0 Å². The molecule has 0 radical (unpaired) electrons. The second-order valence-electron chi connectivity index (χ2n) is 7.67. The molecule has 2 aromatic carbocycles. The summed E-state index contributed by atoms with van der Waals surface area (Å²) in [4.78, 5) is 27.0. The fraction of sp³-hybridized carbons (Fsp3) is 0.304. The highest BCUT2D eigenvalue weighted by Crippen LogP contribution is 2.31. The highest BCUT2D eigenvalue weighted by atomic mass is 16.5. The Labute approximate surface area is 176 Å². The van der Waals surface area contributed by atoms with Gasteiger partial charge in [-0.25, -0.2) is 5.43 Å². The summed E-state index contributed by atoms with van der Waals surface area (Å²) in [5.41, 5.74) is 7.36. The SMILES string of the molecule is COc1ccc(C2CC3C(=O)N(CC(=O)Nc4cccc(C)c4C)C=CN3N2)cc1. The van der Waals surface area contributed by atoms with Crippen molar-refractivity contribution in [3.63, 3.8) is 0 Å². The third kappa shape index (κ3) is 3.89. The van der Waals surface area contributed by atoms with Gasteiger partial charge in [0.25, 0.3) is 5.91 Å². The predicted octanol–water partition coefficient (Wildman–Crippen LogP) is 2.88. The Balaban J connectivity index is 1.40. The average Bonchev–Trinajstić information content (AvgIpc) is 3.19. The van der Waals surface area contributed by atoms with E-state index in [1.807, 2.05) is 67.5 Å². The lowest BCUT2D eigenvalue weighted by molar-refractivity contribution is -0.137. The molecular formula is C23H26N4O3. The van der Waals surface area contributed by atoms with Crippen molar-refractivity contribution in [1.29, 1.82) is 0 Å². The number of carbonyl (C=O) groups excluding carboxylic acids is 2. The molecule has 2 aromatic rings. The normalized spacial score (nSPS) is 20.3. The van der Waals surface area contributed by atoms with Gasteiger partial charge in [-0.05, 0) is 55.2 Å². The minimum Gasteiger partial charge on any atom is -0.497 e. The largest absolute Gasteiger partial charge is 0.497 e. The average molecular weight is 406 g/mol. The van der Waals surface area contributed by atoms with Gasteiger partial charge >= 0.3 is 0 Å². The van der Waals surface area contributed by atoms with E-state index in [-0.39, 0.29) is 30.4 Å². The van der Waals surface area contributed by atoms with Crippen molar-refractivity contribution < 1.29 is 14.3 Å². The Morgan fingerprint density at radius 1 is 1.17 bits per heavy atom. The molecule has 0 aliphatic carbocycles. The van der Waals surface area contributed by atoms with Crippen molar-refractivity contribution in [2.24, 2.45) is 0 Å². The van der Waals surface area contributed by atoms with Crippen LogP contribution in [0.15, 0.2) is 54.9 Å². The topological polar surface area (TPSA) is 73.9 Å². The number of anilines is 1. The van der Waals surface area contributed by atoms with E-state index >= 15 is 0 Å². The zero-order valence-electron chi connectivity index (χ0n) is 17.4. The van der Waals surface area contributed by atoms with Crippen LogP contribution in [-0.2, 0) is 9.59 Å². The van der Waals surface area contributed by atoms with Crippen LogP contribution in [0, 0.1) is 13.8 Å². The van der Waals surface area contributed by atoms with Gasteiger partial charge in [0.1, 0.15) is 18.3 Å². The molecule has 1 fully saturated rings. The van der Waals surface area contributed by atoms with Crippen molar-refractivity contribution in [3.05, 3.63) is 71.6 Å². The van der Waals surface area contributed by atoms with E-state index in [0.29, 0.717) is 6.42 Å². The van der Waals surface area contributed by atoms with Crippen LogP contribution in [0.25, 0.3) is 0 Å². The van der Waals surface area contributed by atoms with Gasteiger partial charge in [0.2, 0.25) is 5.91 Å². The standard InChI is InChI=1S/C23H26N4O3/c1-15-5-4-6-19(16(15)2)24-22(28)14-26-11-12-27-21(23(26)29)13-20(25-27)17-7-9-18(30-3)10-8-17/h4-12,20-21,25H,13-14H2,1-3H3,(H,24,28). The molecule has 2 aliphatic heterocycles. The molecular weight excluding hydrogens is 380 g/mol. The third-order valence-corrected chi connectivity index (χ3v) is 5.79. The number of rotatable bonds is 5. The molecule has 2 heterocycles. The Morgan fingerprint density at radius 2 is 1.93 bits per heavy atom. The summed E-state index contributed by atoms with van der Waals surface area (Å²) >= 11 is 0. The lowest BCUT2D eigenvalue weighted by Gasteiger charge is -2.31. The van der Waals surface area contributed by atoms with Crippen LogP contribution in [0.5, 0.6) is 5.75 Å². The third-order valence-electron chi connectivity index (χ3n) is 5.79. The smallest absolute Gasteiger partial charge is 0.251 e. The number of hydrogen-bond acceptors (Lipinski definition) is 5. The van der Waals surface area contributed by atoms with E-state index in [2.05, 4.69) is 10.7 Å². The van der Waals surface area contributed by atoms with E-state index < -0.39 is 0 Å². The number of aryl methyl sites for hydroxylation is 1. The molecule has 0 spiro atoms. The Bertz CT molecular complexity index is 986. The molecule has 2 unspecified atom stereocenters. The molecule has 30 heavy (non-hydrogen) atoms. The maximum atomic E-state index is 13.0. The summed E-state index contributed by atoms with van der Waals surface area (Å²) < 4.78 is 5.21. The summed E-state index contributed by atoms with van der Waals surface area (Å²) in [7, 11) is 1.64. The van der Waals surface area contributed by atoms with Gasteiger partial charge in [0.05, 0.1) is 13.2 Å². The van der Waals surface area contributed by atoms with E-state index in [0.717, 1.165) is 28.1 Å². The number of carbonyl (C=O) groups is 2. The van der Waals surface area contributed by atoms with E-state index in [9.17, 15) is 9.59 Å². The summed E-state index contributed by atoms with van der Waals surface area (Å²) in [6.07, 6.45) is 4.11. The Kier molecular flexibility index (Phi) is 5.46. The van der Waals surface area contributed by atoms with Crippen LogP contribution in [0.3, 0.4) is 0 Å². The number of ether oxygens (including phenoxy) is 1. The fourth-order valence-corrected chi connectivity index (χ4v) is 3.85. The van der Waals surface area contributed by atoms with Gasteiger partial charge in [-0.2, -0.15) is 0 Å². The second kappa shape index (κ2) is 8.20. The maximum Gasteiger partial charge on any atom is 0.251 e. The van der Waals surface area contributed by atoms with Crippen molar-refractivity contribution in [1.82, 2.24) is 15.3 Å². The molecule has 0 bridgehead atoms. The zero-order valence-corrected chi connectivity index (χ0v) is 17.4. The van der Waals surface area contributed by atoms with Crippen LogP contribution < -0.4 is 15.5 Å². The number of methoxy groups -OCH3 is 1. The molecule has 2 N–H and O–H groups in total. The zero-order chi connectivity index (χ0) is 21.3. The Hall–Kier alpha value is -3.32. The molecule has 7 nitrogen and oxygen atoms in total. The molecule has 1 saturated heterocycles. The molecule has 7 heteroatoms. The number of nitrogens with zero attached hydrogens (tertiary/aromatic N) is 2. The van der Waals surface area contributed by atoms with Crippen LogP contribution >= 0.6 is 0 Å². The van der Waals surface area contributed by atoms with Gasteiger partial charge in [-0.1, -0.05) is 24.3 Å². The molecule has 0 saturated carbocycles. The number of amides is 2. The minimum atomic E-state index is -0.337. The second-order valence-corrected chi connectivity index (χ2v) is 7.67. The van der Waals surface area contributed by atoms with Gasteiger partial charge in [0, 0.05) is 18.1 Å². The van der Waals surface area contributed by atoms with Gasteiger partial charge in [-0.15, -0.1) is 0 Å². The van der Waals surface area contributed by atoms with Crippen LogP contribution in [0.1, 0.15) is 29.2 Å². The van der Waals surface area contributed by atoms with E-state index in [4.69, 9.17) is 4.74 Å². The summed E-state index contributed by atoms with van der Waals surface area (Å²) in [6, 6.07) is 13.3. The number of fused-ring (bicyclic) bond motifs is 1. The number of nitrogens with one attached hydrogen (secondary N) is 2. The monoisotopic (exact) mass is 406 g/mol. The first kappa shape index (κ1) is 20.0. The molecule has 2 atom stereocenters. The van der Waals surface area contributed by atoms with Crippen LogP contribution in [0.4, 0.5) is 5.69 Å². The lowest BCUT2D eigenvalue weighted by atomic mass is 10.0. The molecule has 2 aliphatic rings. The van der Waals surface area contributed by atoms with Gasteiger partial charge < -0.3 is 20.0 Å². The maximum absolute atomic E-state index is 13.0. The van der Waals surface area contributed by atoms with Crippen molar-refractivity contribution in [2.75, 3.05) is 19.0 Å². The fourth-order valence-electron chi connectivity index (χ4n) is 3.85. The molecule has 156 valence electrons. The minimum absolute atomic E-state index is 0.0136. The first-order valence-corrected chi connectivity index (χ1v) is 9.99. The number of hydrazine groups is 1. The molecule has 0 aromatic heterocycles. The number of benzene rings is 2. The first-order chi connectivity index (χ1) is 14.5. The highest BCUT2D eigenvalue weighted by Gasteiger charge is 2.40. The summed E-state index contributed by atoms with van der Waals surface area (Å²) in [5.74, 6) is 0.497. The molecule has 2 amide bonds. The van der Waals surface area contributed by atoms with Crippen molar-refractivity contribution in [2.45, 2.75) is 32.4 Å². The van der Waals surface area contributed by atoms with E-state index in [1.165, 1.54) is 4.90 Å². The highest BCUT2D eigenvalue weighted by molar-refractivity contribution is 5.96. The summed E-state index contributed by atoms with van der Waals surface area (Å²) in [6.45, 7) is 3.96. The van der Waals surface area contributed by atoms with E-state index in [1.54, 1.807) is 13.3 Å². The van der Waals surface area contributed by atoms with Gasteiger partial charge in [0.15, 0.2) is 0 Å². The quantitative estimate of drug-likeness (QED) is 0.799. The lowest BCUT2D eigenvalue weighted by Crippen LogP contribution is -2.49. The van der Waals surface area contributed by atoms with Crippen LogP contribution in [-0.4, -0.2) is 41.4 Å².